The lowest BCUT2D eigenvalue weighted by atomic mass is 9.86. The highest BCUT2D eigenvalue weighted by Gasteiger charge is 2.45. The van der Waals surface area contributed by atoms with Gasteiger partial charge in [0.05, 0.1) is 6.61 Å². The molecule has 0 saturated heterocycles. The lowest BCUT2D eigenvalue weighted by Gasteiger charge is -2.25. The standard InChI is InChI=1S/C22H27NO5S/c1-3-27-20(25)22(2,14-17-13-16-11-7-8-12-18(16)29-17)21(26)28-23-19(24)15-9-5-4-6-10-15/h7-8,11-13,15H,3-6,9-10,14H2,1-2H3,(H,23,24). The van der Waals surface area contributed by atoms with Crippen LogP contribution in [-0.4, -0.2) is 24.5 Å². The molecule has 1 amide bonds. The molecule has 1 N–H and O–H groups in total. The van der Waals surface area contributed by atoms with E-state index in [0.717, 1.165) is 47.1 Å². The van der Waals surface area contributed by atoms with E-state index in [-0.39, 0.29) is 24.9 Å². The van der Waals surface area contributed by atoms with E-state index in [0.29, 0.717) is 0 Å². The normalized spacial score (nSPS) is 16.8. The molecule has 2 aromatic rings. The zero-order valence-corrected chi connectivity index (χ0v) is 17.7. The van der Waals surface area contributed by atoms with Gasteiger partial charge in [0.25, 0.3) is 5.91 Å². The Hall–Kier alpha value is -2.41. The fraction of sp³-hybridized carbons (Fsp3) is 0.500. The van der Waals surface area contributed by atoms with E-state index >= 15 is 0 Å². The lowest BCUT2D eigenvalue weighted by Crippen LogP contribution is -2.45. The Labute approximate surface area is 174 Å². The largest absolute Gasteiger partial charge is 0.465 e. The van der Waals surface area contributed by atoms with E-state index < -0.39 is 17.4 Å². The second-order valence-electron chi connectivity index (χ2n) is 7.67. The van der Waals surface area contributed by atoms with Crippen LogP contribution in [0.25, 0.3) is 10.1 Å². The monoisotopic (exact) mass is 417 g/mol. The molecule has 1 aliphatic carbocycles. The average molecular weight is 418 g/mol. The molecule has 156 valence electrons. The van der Waals surface area contributed by atoms with Gasteiger partial charge in [-0.1, -0.05) is 37.5 Å². The summed E-state index contributed by atoms with van der Waals surface area (Å²) < 4.78 is 6.23. The van der Waals surface area contributed by atoms with Gasteiger partial charge in [0, 0.05) is 21.9 Å². The van der Waals surface area contributed by atoms with E-state index in [4.69, 9.17) is 9.57 Å². The minimum Gasteiger partial charge on any atom is -0.465 e. The van der Waals surface area contributed by atoms with Crippen molar-refractivity contribution >= 4 is 39.3 Å². The summed E-state index contributed by atoms with van der Waals surface area (Å²) in [6.45, 7) is 3.35. The first-order chi connectivity index (χ1) is 13.9. The van der Waals surface area contributed by atoms with Gasteiger partial charge >= 0.3 is 11.9 Å². The predicted octanol–water partition coefficient (Wildman–Crippen LogP) is 4.17. The molecule has 0 bridgehead atoms. The topological polar surface area (TPSA) is 81.7 Å². The van der Waals surface area contributed by atoms with E-state index in [2.05, 4.69) is 5.48 Å². The van der Waals surface area contributed by atoms with Crippen LogP contribution >= 0.6 is 11.3 Å². The summed E-state index contributed by atoms with van der Waals surface area (Å²) in [6.07, 6.45) is 4.85. The maximum atomic E-state index is 12.9. The fourth-order valence-corrected chi connectivity index (χ4v) is 4.87. The van der Waals surface area contributed by atoms with Crippen molar-refractivity contribution in [1.29, 1.82) is 0 Å². The molecule has 1 aromatic heterocycles. The van der Waals surface area contributed by atoms with Crippen molar-refractivity contribution in [3.63, 3.8) is 0 Å². The van der Waals surface area contributed by atoms with Gasteiger partial charge in [0.2, 0.25) is 0 Å². The number of ether oxygens (including phenoxy) is 1. The van der Waals surface area contributed by atoms with Crippen molar-refractivity contribution in [3.05, 3.63) is 35.2 Å². The van der Waals surface area contributed by atoms with Crippen LogP contribution in [0.2, 0.25) is 0 Å². The lowest BCUT2D eigenvalue weighted by molar-refractivity contribution is -0.179. The van der Waals surface area contributed by atoms with Crippen molar-refractivity contribution in [2.24, 2.45) is 11.3 Å². The molecular weight excluding hydrogens is 390 g/mol. The molecule has 1 heterocycles. The third-order valence-electron chi connectivity index (χ3n) is 5.40. The first kappa shape index (κ1) is 21.3. The zero-order valence-electron chi connectivity index (χ0n) is 16.9. The van der Waals surface area contributed by atoms with Crippen LogP contribution in [0.3, 0.4) is 0 Å². The fourth-order valence-electron chi connectivity index (χ4n) is 3.65. The molecule has 1 fully saturated rings. The molecule has 0 radical (unpaired) electrons. The van der Waals surface area contributed by atoms with Crippen LogP contribution in [0.15, 0.2) is 30.3 Å². The maximum absolute atomic E-state index is 12.9. The van der Waals surface area contributed by atoms with Gasteiger partial charge in [-0.05, 0) is 44.2 Å². The van der Waals surface area contributed by atoms with Crippen molar-refractivity contribution in [2.75, 3.05) is 6.61 Å². The summed E-state index contributed by atoms with van der Waals surface area (Å²) in [5, 5.41) is 1.05. The molecule has 3 rings (SSSR count). The van der Waals surface area contributed by atoms with E-state index in [1.165, 1.54) is 18.3 Å². The number of esters is 1. The SMILES string of the molecule is CCOC(=O)C(C)(Cc1cc2ccccc2s1)C(=O)ONC(=O)C1CCCCC1. The van der Waals surface area contributed by atoms with Crippen molar-refractivity contribution in [2.45, 2.75) is 52.4 Å². The van der Waals surface area contributed by atoms with E-state index in [1.54, 1.807) is 6.92 Å². The molecule has 1 atom stereocenters. The molecule has 7 heteroatoms. The Morgan fingerprint density at radius 1 is 1.14 bits per heavy atom. The van der Waals surface area contributed by atoms with Crippen molar-refractivity contribution < 1.29 is 24.0 Å². The molecule has 0 aliphatic heterocycles. The Balaban J connectivity index is 1.73. The van der Waals surface area contributed by atoms with Gasteiger partial charge in [0.15, 0.2) is 5.41 Å². The van der Waals surface area contributed by atoms with Crippen LogP contribution in [-0.2, 0) is 30.4 Å². The Bertz CT molecular complexity index is 853. The number of hydrogen-bond donors (Lipinski definition) is 1. The first-order valence-corrected chi connectivity index (χ1v) is 10.9. The molecule has 1 unspecified atom stereocenters. The average Bonchev–Trinajstić information content (AvgIpc) is 3.14. The van der Waals surface area contributed by atoms with Crippen LogP contribution in [0.1, 0.15) is 50.8 Å². The number of thiophene rings is 1. The van der Waals surface area contributed by atoms with Crippen LogP contribution in [0, 0.1) is 11.3 Å². The van der Waals surface area contributed by atoms with Crippen molar-refractivity contribution in [1.82, 2.24) is 5.48 Å². The molecule has 1 saturated carbocycles. The number of nitrogens with one attached hydrogen (secondary N) is 1. The summed E-state index contributed by atoms with van der Waals surface area (Å²) >= 11 is 1.52. The molecule has 1 aliphatic rings. The minimum absolute atomic E-state index is 0.142. The third kappa shape index (κ3) is 4.96. The smallest absolute Gasteiger partial charge is 0.349 e. The van der Waals surface area contributed by atoms with E-state index in [9.17, 15) is 14.4 Å². The highest BCUT2D eigenvalue weighted by atomic mass is 32.1. The minimum atomic E-state index is -1.54. The van der Waals surface area contributed by atoms with Crippen LogP contribution in [0.5, 0.6) is 0 Å². The third-order valence-corrected chi connectivity index (χ3v) is 6.52. The van der Waals surface area contributed by atoms with Crippen LogP contribution < -0.4 is 5.48 Å². The molecule has 1 aromatic carbocycles. The molecule has 6 nitrogen and oxygen atoms in total. The number of amides is 1. The molecular formula is C22H27NO5S. The molecule has 29 heavy (non-hydrogen) atoms. The van der Waals surface area contributed by atoms with Gasteiger partial charge in [0.1, 0.15) is 0 Å². The van der Waals surface area contributed by atoms with Gasteiger partial charge in [-0.25, -0.2) is 4.79 Å². The number of fused-ring (bicyclic) bond motifs is 1. The summed E-state index contributed by atoms with van der Waals surface area (Å²) in [4.78, 5) is 43.8. The second-order valence-corrected chi connectivity index (χ2v) is 8.84. The predicted molar refractivity (Wildman–Crippen MR) is 111 cm³/mol. The highest BCUT2D eigenvalue weighted by molar-refractivity contribution is 7.19. The number of benzene rings is 1. The second kappa shape index (κ2) is 9.39. The quantitative estimate of drug-likeness (QED) is 0.433. The van der Waals surface area contributed by atoms with Crippen molar-refractivity contribution in [3.8, 4) is 0 Å². The molecule has 0 spiro atoms. The Kier molecular flexibility index (Phi) is 6.90. The summed E-state index contributed by atoms with van der Waals surface area (Å²) in [5.74, 6) is -1.91. The zero-order chi connectivity index (χ0) is 20.9. The number of rotatable bonds is 6. The van der Waals surface area contributed by atoms with E-state index in [1.807, 2.05) is 30.3 Å². The number of carbonyl (C=O) groups excluding carboxylic acids is 3. The number of hydroxylamine groups is 1. The van der Waals surface area contributed by atoms with Gasteiger partial charge < -0.3 is 9.57 Å². The van der Waals surface area contributed by atoms with Gasteiger partial charge in [-0.2, -0.15) is 5.48 Å². The highest BCUT2D eigenvalue weighted by Crippen LogP contribution is 2.33. The maximum Gasteiger partial charge on any atom is 0.349 e. The van der Waals surface area contributed by atoms with Gasteiger partial charge in [-0.15, -0.1) is 11.3 Å². The van der Waals surface area contributed by atoms with Gasteiger partial charge in [-0.3, -0.25) is 9.59 Å². The summed E-state index contributed by atoms with van der Waals surface area (Å²) in [6, 6.07) is 9.83. The number of hydrogen-bond acceptors (Lipinski definition) is 6. The Morgan fingerprint density at radius 3 is 2.55 bits per heavy atom. The number of carbonyl (C=O) groups is 3. The first-order valence-electron chi connectivity index (χ1n) is 10.1. The Morgan fingerprint density at radius 2 is 1.86 bits per heavy atom. The summed E-state index contributed by atoms with van der Waals surface area (Å²) in [5.41, 5.74) is 0.729. The summed E-state index contributed by atoms with van der Waals surface area (Å²) in [7, 11) is 0. The van der Waals surface area contributed by atoms with Crippen LogP contribution in [0.4, 0.5) is 0 Å².